The van der Waals surface area contributed by atoms with E-state index in [1.807, 2.05) is 45.0 Å². The van der Waals surface area contributed by atoms with Gasteiger partial charge >= 0.3 is 5.97 Å². The summed E-state index contributed by atoms with van der Waals surface area (Å²) in [6.07, 6.45) is 1.75. The van der Waals surface area contributed by atoms with Crippen LogP contribution in [0.3, 0.4) is 0 Å². The highest BCUT2D eigenvalue weighted by Crippen LogP contribution is 2.36. The molecule has 10 heteroatoms. The second kappa shape index (κ2) is 11.1. The Hall–Kier alpha value is -4.28. The fraction of sp³-hybridized carbons (Fsp3) is 0.267. The Kier molecular flexibility index (Phi) is 7.55. The first kappa shape index (κ1) is 27.3. The summed E-state index contributed by atoms with van der Waals surface area (Å²) in [6, 6.07) is 16.2. The first-order chi connectivity index (χ1) is 19.1. The number of thiophene rings is 1. The van der Waals surface area contributed by atoms with E-state index in [2.05, 4.69) is 20.5 Å². The van der Waals surface area contributed by atoms with Crippen molar-refractivity contribution in [1.29, 1.82) is 0 Å². The third kappa shape index (κ3) is 5.68. The summed E-state index contributed by atoms with van der Waals surface area (Å²) in [6.45, 7) is 8.74. The van der Waals surface area contributed by atoms with Gasteiger partial charge in [-0.05, 0) is 35.1 Å². The number of carboxylic acids is 1. The summed E-state index contributed by atoms with van der Waals surface area (Å²) in [5.74, 6) is -1.95. The predicted molar refractivity (Wildman–Crippen MR) is 157 cm³/mol. The Bertz CT molecular complexity index is 1600. The molecule has 0 atom stereocenters. The van der Waals surface area contributed by atoms with Gasteiger partial charge in [0.1, 0.15) is 10.7 Å². The van der Waals surface area contributed by atoms with Gasteiger partial charge < -0.3 is 25.4 Å². The maximum atomic E-state index is 13.3. The Morgan fingerprint density at radius 1 is 0.975 bits per heavy atom. The number of pyridine rings is 1. The zero-order valence-electron chi connectivity index (χ0n) is 22.5. The zero-order valence-corrected chi connectivity index (χ0v) is 23.3. The lowest BCUT2D eigenvalue weighted by Crippen LogP contribution is -2.36. The maximum Gasteiger partial charge on any atom is 0.348 e. The first-order valence-corrected chi connectivity index (χ1v) is 13.7. The van der Waals surface area contributed by atoms with Crippen molar-refractivity contribution < 1.29 is 24.2 Å². The van der Waals surface area contributed by atoms with Gasteiger partial charge in [0.05, 0.1) is 18.9 Å². The van der Waals surface area contributed by atoms with Gasteiger partial charge in [0, 0.05) is 52.6 Å². The van der Waals surface area contributed by atoms with Crippen LogP contribution in [0.5, 0.6) is 0 Å². The van der Waals surface area contributed by atoms with Crippen molar-refractivity contribution in [1.82, 2.24) is 4.98 Å². The van der Waals surface area contributed by atoms with Crippen molar-refractivity contribution in [3.05, 3.63) is 76.1 Å². The quantitative estimate of drug-likeness (QED) is 0.195. The average Bonchev–Trinajstić information content (AvgIpc) is 3.38. The lowest BCUT2D eigenvalue weighted by Gasteiger charge is -2.28. The highest BCUT2D eigenvalue weighted by atomic mass is 32.1. The minimum atomic E-state index is -1.16. The van der Waals surface area contributed by atoms with Crippen LogP contribution < -0.4 is 15.5 Å². The van der Waals surface area contributed by atoms with Crippen LogP contribution >= 0.6 is 11.3 Å². The Morgan fingerprint density at radius 2 is 1.70 bits per heavy atom. The molecule has 2 aromatic carbocycles. The number of carbonyl (C=O) groups is 3. The molecule has 40 heavy (non-hydrogen) atoms. The number of ether oxygens (including phenoxy) is 1. The van der Waals surface area contributed by atoms with Crippen LogP contribution in [0.4, 0.5) is 22.9 Å². The minimum Gasteiger partial charge on any atom is -0.477 e. The summed E-state index contributed by atoms with van der Waals surface area (Å²) in [5, 5.41) is 17.0. The number of hydrogen-bond donors (Lipinski definition) is 3. The SMILES string of the molecule is CC(C)(C)c1cc(NC(=O)C(=O)c2ccc(Nc3ccnc(N4CCOCC4)c3)c3ccccc23)c(C(=O)O)s1. The zero-order chi connectivity index (χ0) is 28.4. The van der Waals surface area contributed by atoms with Gasteiger partial charge in [0.2, 0.25) is 0 Å². The van der Waals surface area contributed by atoms with Crippen molar-refractivity contribution in [2.75, 3.05) is 41.8 Å². The largest absolute Gasteiger partial charge is 0.477 e. The fourth-order valence-corrected chi connectivity index (χ4v) is 5.55. The predicted octanol–water partition coefficient (Wildman–Crippen LogP) is 5.69. The number of nitrogens with one attached hydrogen (secondary N) is 2. The van der Waals surface area contributed by atoms with Crippen molar-refractivity contribution in [3.63, 3.8) is 0 Å². The molecule has 1 saturated heterocycles. The van der Waals surface area contributed by atoms with E-state index in [4.69, 9.17) is 4.74 Å². The van der Waals surface area contributed by atoms with E-state index in [-0.39, 0.29) is 21.5 Å². The van der Waals surface area contributed by atoms with Crippen LogP contribution in [0.15, 0.2) is 60.8 Å². The highest BCUT2D eigenvalue weighted by Gasteiger charge is 2.26. The molecule has 9 nitrogen and oxygen atoms in total. The van der Waals surface area contributed by atoms with Crippen LogP contribution in [0.1, 0.15) is 45.7 Å². The molecule has 0 unspecified atom stereocenters. The molecule has 0 bridgehead atoms. The number of ketones is 1. The van der Waals surface area contributed by atoms with Crippen LogP contribution in [0.25, 0.3) is 10.8 Å². The van der Waals surface area contributed by atoms with E-state index in [0.717, 1.165) is 51.9 Å². The number of carbonyl (C=O) groups excluding carboxylic acids is 2. The molecular weight excluding hydrogens is 528 g/mol. The molecule has 1 fully saturated rings. The number of hydrogen-bond acceptors (Lipinski definition) is 8. The first-order valence-electron chi connectivity index (χ1n) is 12.9. The van der Waals surface area contributed by atoms with Crippen LogP contribution in [0, 0.1) is 0 Å². The Labute approximate surface area is 235 Å². The molecule has 0 saturated carbocycles. The number of benzene rings is 2. The summed E-state index contributed by atoms with van der Waals surface area (Å²) in [4.78, 5) is 45.7. The standard InChI is InChI=1S/C30H30N4O5S/c1-30(2,3)24-17-23(27(40-24)29(37)38)33-28(36)26(35)21-8-9-22(20-7-5-4-6-19(20)21)32-18-10-11-31-25(16-18)34-12-14-39-15-13-34/h4-11,16-17H,12-15H2,1-3H3,(H,31,32)(H,33,36)(H,37,38). The smallest absolute Gasteiger partial charge is 0.348 e. The van der Waals surface area contributed by atoms with Gasteiger partial charge in [-0.15, -0.1) is 11.3 Å². The van der Waals surface area contributed by atoms with E-state index in [1.54, 1.807) is 36.5 Å². The van der Waals surface area contributed by atoms with Crippen LogP contribution in [0.2, 0.25) is 0 Å². The number of aromatic nitrogens is 1. The van der Waals surface area contributed by atoms with Crippen LogP contribution in [-0.4, -0.2) is 54.1 Å². The molecule has 0 aliphatic carbocycles. The number of rotatable bonds is 7. The molecular formula is C30H30N4O5S. The van der Waals surface area contributed by atoms with Gasteiger partial charge in [-0.1, -0.05) is 45.0 Å². The molecule has 2 aromatic heterocycles. The van der Waals surface area contributed by atoms with E-state index < -0.39 is 17.7 Å². The van der Waals surface area contributed by atoms with E-state index in [1.165, 1.54) is 0 Å². The van der Waals surface area contributed by atoms with Crippen LogP contribution in [-0.2, 0) is 14.9 Å². The molecule has 206 valence electrons. The molecule has 1 aliphatic rings. The molecule has 1 aliphatic heterocycles. The van der Waals surface area contributed by atoms with Gasteiger partial charge in [-0.25, -0.2) is 9.78 Å². The number of morpholine rings is 1. The minimum absolute atomic E-state index is 0.00993. The number of anilines is 4. The third-order valence-corrected chi connectivity index (χ3v) is 8.20. The third-order valence-electron chi connectivity index (χ3n) is 6.65. The number of nitrogens with zero attached hydrogens (tertiary/aromatic N) is 2. The van der Waals surface area contributed by atoms with Crippen molar-refractivity contribution in [2.45, 2.75) is 26.2 Å². The second-order valence-electron chi connectivity index (χ2n) is 10.5. The number of amides is 1. The molecule has 1 amide bonds. The van der Waals surface area contributed by atoms with Crippen molar-refractivity contribution in [2.24, 2.45) is 0 Å². The summed E-state index contributed by atoms with van der Waals surface area (Å²) in [7, 11) is 0. The van der Waals surface area contributed by atoms with E-state index >= 15 is 0 Å². The topological polar surface area (TPSA) is 121 Å². The number of carboxylic acid groups (broad SMARTS) is 1. The molecule has 0 radical (unpaired) electrons. The average molecular weight is 559 g/mol. The molecule has 3 N–H and O–H groups in total. The summed E-state index contributed by atoms with van der Waals surface area (Å²) < 4.78 is 5.44. The second-order valence-corrected chi connectivity index (χ2v) is 11.6. The van der Waals surface area contributed by atoms with Gasteiger partial charge in [-0.2, -0.15) is 0 Å². The molecule has 0 spiro atoms. The summed E-state index contributed by atoms with van der Waals surface area (Å²) >= 11 is 1.09. The molecule has 5 rings (SSSR count). The van der Waals surface area contributed by atoms with Gasteiger partial charge in [0.25, 0.3) is 11.7 Å². The summed E-state index contributed by atoms with van der Waals surface area (Å²) in [5.41, 5.74) is 1.65. The molecule has 3 heterocycles. The fourth-order valence-electron chi connectivity index (χ4n) is 4.54. The monoisotopic (exact) mass is 558 g/mol. The van der Waals surface area contributed by atoms with E-state index in [9.17, 15) is 19.5 Å². The van der Waals surface area contributed by atoms with Crippen molar-refractivity contribution in [3.8, 4) is 0 Å². The number of Topliss-reactive ketones (excluding diaryl/α,β-unsaturated/α-hetero) is 1. The lowest BCUT2D eigenvalue weighted by molar-refractivity contribution is -0.112. The highest BCUT2D eigenvalue weighted by molar-refractivity contribution is 7.14. The Morgan fingerprint density at radius 3 is 2.40 bits per heavy atom. The Balaban J connectivity index is 1.41. The lowest BCUT2D eigenvalue weighted by atomic mass is 9.94. The van der Waals surface area contributed by atoms with Gasteiger partial charge in [0.15, 0.2) is 0 Å². The maximum absolute atomic E-state index is 13.3. The number of aromatic carboxylic acids is 1. The van der Waals surface area contributed by atoms with Crippen molar-refractivity contribution >= 4 is 62.6 Å². The molecule has 4 aromatic rings. The number of fused-ring (bicyclic) bond motifs is 1. The normalized spacial score (nSPS) is 13.7. The van der Waals surface area contributed by atoms with Gasteiger partial charge in [-0.3, -0.25) is 9.59 Å². The van der Waals surface area contributed by atoms with E-state index in [0.29, 0.717) is 18.6 Å².